The lowest BCUT2D eigenvalue weighted by molar-refractivity contribution is 0.282. The van der Waals surface area contributed by atoms with Crippen molar-refractivity contribution >= 4 is 0 Å². The lowest BCUT2D eigenvalue weighted by Gasteiger charge is -1.97. The van der Waals surface area contributed by atoms with Crippen molar-refractivity contribution in [2.45, 2.75) is 6.61 Å². The summed E-state index contributed by atoms with van der Waals surface area (Å²) in [4.78, 5) is 1.40. The fraction of sp³-hybridized carbons (Fsp3) is 0.222. The number of benzene rings is 1. The number of aryl methyl sites for hydroxylation is 1. The van der Waals surface area contributed by atoms with Crippen molar-refractivity contribution < 1.29 is 5.11 Å². The quantitative estimate of drug-likeness (QED) is 0.743. The van der Waals surface area contributed by atoms with Gasteiger partial charge in [-0.05, 0) is 16.8 Å². The molecule has 0 aliphatic heterocycles. The molecule has 2 rings (SSSR count). The van der Waals surface area contributed by atoms with E-state index < -0.39 is 0 Å². The maximum atomic E-state index is 8.95. The van der Waals surface area contributed by atoms with Crippen LogP contribution in [0.25, 0.3) is 11.4 Å². The van der Waals surface area contributed by atoms with E-state index in [0.29, 0.717) is 5.82 Å². The minimum absolute atomic E-state index is 0.0219. The molecule has 0 radical (unpaired) electrons. The number of nitrogens with zero attached hydrogens (tertiary/aromatic N) is 4. The number of hydrogen-bond donors (Lipinski definition) is 1. The van der Waals surface area contributed by atoms with E-state index in [-0.39, 0.29) is 6.61 Å². The smallest absolute Gasteiger partial charge is 0.204 e. The van der Waals surface area contributed by atoms with Crippen molar-refractivity contribution in [1.29, 1.82) is 0 Å². The molecule has 1 heterocycles. The molecule has 0 fully saturated rings. The summed E-state index contributed by atoms with van der Waals surface area (Å²) < 4.78 is 0. The van der Waals surface area contributed by atoms with Gasteiger partial charge in [0.1, 0.15) is 0 Å². The summed E-state index contributed by atoms with van der Waals surface area (Å²) in [5.41, 5.74) is 1.71. The summed E-state index contributed by atoms with van der Waals surface area (Å²) in [5.74, 6) is 0.572. The average Bonchev–Trinajstić information content (AvgIpc) is 2.65. The zero-order chi connectivity index (χ0) is 9.97. The van der Waals surface area contributed by atoms with Gasteiger partial charge in [0.2, 0.25) is 5.82 Å². The van der Waals surface area contributed by atoms with E-state index in [1.165, 1.54) is 4.80 Å². The highest BCUT2D eigenvalue weighted by Gasteiger charge is 2.03. The second-order valence-corrected chi connectivity index (χ2v) is 2.96. The largest absolute Gasteiger partial charge is 0.392 e. The Morgan fingerprint density at radius 1 is 1.43 bits per heavy atom. The van der Waals surface area contributed by atoms with Crippen LogP contribution in [0.2, 0.25) is 0 Å². The molecule has 0 unspecified atom stereocenters. The third-order valence-electron chi connectivity index (χ3n) is 1.88. The Labute approximate surface area is 81.0 Å². The third kappa shape index (κ3) is 1.62. The first-order valence-electron chi connectivity index (χ1n) is 4.24. The predicted octanol–water partition coefficient (Wildman–Crippen LogP) is 0.369. The van der Waals surface area contributed by atoms with Gasteiger partial charge in [-0.3, -0.25) is 0 Å². The van der Waals surface area contributed by atoms with Gasteiger partial charge in [-0.15, -0.1) is 10.2 Å². The van der Waals surface area contributed by atoms with Crippen molar-refractivity contribution in [3.05, 3.63) is 29.8 Å². The Hall–Kier alpha value is -1.75. The molecule has 0 aliphatic carbocycles. The second kappa shape index (κ2) is 3.55. The van der Waals surface area contributed by atoms with E-state index in [4.69, 9.17) is 5.11 Å². The topological polar surface area (TPSA) is 63.8 Å². The molecule has 0 amide bonds. The van der Waals surface area contributed by atoms with E-state index in [9.17, 15) is 0 Å². The summed E-state index contributed by atoms with van der Waals surface area (Å²) in [6, 6.07) is 7.43. The van der Waals surface area contributed by atoms with E-state index in [1.807, 2.05) is 24.3 Å². The van der Waals surface area contributed by atoms with Gasteiger partial charge < -0.3 is 5.11 Å². The van der Waals surface area contributed by atoms with Gasteiger partial charge in [0, 0.05) is 5.56 Å². The molecule has 0 saturated heterocycles. The minimum Gasteiger partial charge on any atom is -0.392 e. The predicted molar refractivity (Wildman–Crippen MR) is 50.2 cm³/mol. The van der Waals surface area contributed by atoms with Crippen LogP contribution in [0.3, 0.4) is 0 Å². The molecule has 1 aromatic carbocycles. The Morgan fingerprint density at radius 2 is 2.29 bits per heavy atom. The summed E-state index contributed by atoms with van der Waals surface area (Å²) >= 11 is 0. The highest BCUT2D eigenvalue weighted by Crippen LogP contribution is 2.14. The highest BCUT2D eigenvalue weighted by atomic mass is 16.3. The minimum atomic E-state index is 0.0219. The van der Waals surface area contributed by atoms with Crippen molar-refractivity contribution in [1.82, 2.24) is 20.2 Å². The number of hydrogen-bond acceptors (Lipinski definition) is 4. The van der Waals surface area contributed by atoms with E-state index >= 15 is 0 Å². The summed E-state index contributed by atoms with van der Waals surface area (Å²) in [7, 11) is 1.71. The summed E-state index contributed by atoms with van der Waals surface area (Å²) in [5, 5.41) is 20.6. The summed E-state index contributed by atoms with van der Waals surface area (Å²) in [6.45, 7) is 0.0219. The van der Waals surface area contributed by atoms with Crippen molar-refractivity contribution in [3.8, 4) is 11.4 Å². The number of aromatic nitrogens is 4. The van der Waals surface area contributed by atoms with Crippen LogP contribution < -0.4 is 0 Å². The Bertz CT molecular complexity index is 438. The first-order valence-corrected chi connectivity index (χ1v) is 4.24. The molecule has 14 heavy (non-hydrogen) atoms. The lowest BCUT2D eigenvalue weighted by Crippen LogP contribution is -1.92. The zero-order valence-corrected chi connectivity index (χ0v) is 7.75. The van der Waals surface area contributed by atoms with Crippen molar-refractivity contribution in [2.75, 3.05) is 0 Å². The maximum absolute atomic E-state index is 8.95. The highest BCUT2D eigenvalue weighted by molar-refractivity contribution is 5.54. The SMILES string of the molecule is Cn1nnc(-c2cccc(CO)c2)n1. The monoisotopic (exact) mass is 190 g/mol. The molecule has 5 nitrogen and oxygen atoms in total. The normalized spacial score (nSPS) is 10.4. The molecule has 1 N–H and O–H groups in total. The Morgan fingerprint density at radius 3 is 2.93 bits per heavy atom. The average molecular weight is 190 g/mol. The molecule has 0 aliphatic rings. The maximum Gasteiger partial charge on any atom is 0.204 e. The first-order chi connectivity index (χ1) is 6.79. The van der Waals surface area contributed by atoms with Crippen molar-refractivity contribution in [3.63, 3.8) is 0 Å². The molecule has 0 atom stereocenters. The fourth-order valence-electron chi connectivity index (χ4n) is 1.21. The third-order valence-corrected chi connectivity index (χ3v) is 1.88. The van der Waals surface area contributed by atoms with E-state index in [0.717, 1.165) is 11.1 Å². The van der Waals surface area contributed by atoms with Gasteiger partial charge in [-0.25, -0.2) is 0 Å². The van der Waals surface area contributed by atoms with Crippen LogP contribution in [0.5, 0.6) is 0 Å². The standard InChI is InChI=1S/C9H10N4O/c1-13-11-9(10-12-13)8-4-2-3-7(5-8)6-14/h2-5,14H,6H2,1H3. The number of rotatable bonds is 2. The van der Waals surface area contributed by atoms with Crippen LogP contribution in [0, 0.1) is 0 Å². The van der Waals surface area contributed by atoms with Gasteiger partial charge in [0.05, 0.1) is 13.7 Å². The zero-order valence-electron chi connectivity index (χ0n) is 7.75. The summed E-state index contributed by atoms with van der Waals surface area (Å²) in [6.07, 6.45) is 0. The Kier molecular flexibility index (Phi) is 2.24. The molecule has 5 heteroatoms. The second-order valence-electron chi connectivity index (χ2n) is 2.96. The van der Waals surface area contributed by atoms with Crippen molar-refractivity contribution in [2.24, 2.45) is 7.05 Å². The molecule has 0 saturated carbocycles. The van der Waals surface area contributed by atoms with Gasteiger partial charge in [-0.2, -0.15) is 4.80 Å². The Balaban J connectivity index is 2.41. The molecule has 2 aromatic rings. The number of aliphatic hydroxyl groups excluding tert-OH is 1. The van der Waals surface area contributed by atoms with Crippen LogP contribution in [-0.2, 0) is 13.7 Å². The van der Waals surface area contributed by atoms with Crippen LogP contribution in [0.4, 0.5) is 0 Å². The molecule has 0 spiro atoms. The fourth-order valence-corrected chi connectivity index (χ4v) is 1.21. The lowest BCUT2D eigenvalue weighted by atomic mass is 10.1. The van der Waals surface area contributed by atoms with Gasteiger partial charge >= 0.3 is 0 Å². The van der Waals surface area contributed by atoms with E-state index in [1.54, 1.807) is 7.05 Å². The molecular formula is C9H10N4O. The number of aliphatic hydroxyl groups is 1. The van der Waals surface area contributed by atoms with Crippen LogP contribution in [0.15, 0.2) is 24.3 Å². The first kappa shape index (κ1) is 8.83. The van der Waals surface area contributed by atoms with Crippen LogP contribution in [0.1, 0.15) is 5.56 Å². The van der Waals surface area contributed by atoms with Crippen LogP contribution in [-0.4, -0.2) is 25.3 Å². The molecule has 1 aromatic heterocycles. The molecule has 72 valence electrons. The molecular weight excluding hydrogens is 180 g/mol. The van der Waals surface area contributed by atoms with Gasteiger partial charge in [0.15, 0.2) is 0 Å². The van der Waals surface area contributed by atoms with Gasteiger partial charge in [-0.1, -0.05) is 18.2 Å². The van der Waals surface area contributed by atoms with Crippen LogP contribution >= 0.6 is 0 Å². The van der Waals surface area contributed by atoms with E-state index in [2.05, 4.69) is 15.4 Å². The van der Waals surface area contributed by atoms with Gasteiger partial charge in [0.25, 0.3) is 0 Å². The number of tetrazole rings is 1. The molecule has 0 bridgehead atoms.